The third kappa shape index (κ3) is 7.92. The molecule has 0 aromatic carbocycles. The first-order valence-electron chi connectivity index (χ1n) is 5.16. The molecule has 0 aliphatic rings. The molecule has 5 heteroatoms. The normalized spacial score (nSPS) is 12.5. The summed E-state index contributed by atoms with van der Waals surface area (Å²) in [6.07, 6.45) is 3.83. The van der Waals surface area contributed by atoms with Crippen LogP contribution < -0.4 is 0 Å². The van der Waals surface area contributed by atoms with Crippen molar-refractivity contribution in [2.24, 2.45) is 0 Å². The molecule has 0 aliphatic heterocycles. The van der Waals surface area contributed by atoms with Gasteiger partial charge in [-0.1, -0.05) is 12.2 Å². The Labute approximate surface area is 98.7 Å². The zero-order valence-corrected chi connectivity index (χ0v) is 13.3. The van der Waals surface area contributed by atoms with Crippen LogP contribution in [0.1, 0.15) is 0 Å². The lowest BCUT2D eigenvalue weighted by atomic mass is 10.8. The smallest absolute Gasteiger partial charge is 0.311 e. The van der Waals surface area contributed by atoms with Gasteiger partial charge in [-0.3, -0.25) is 0 Å². The van der Waals surface area contributed by atoms with Crippen molar-refractivity contribution in [3.63, 3.8) is 0 Å². The van der Waals surface area contributed by atoms with Gasteiger partial charge in [-0.15, -0.1) is 13.2 Å². The molecule has 0 aliphatic carbocycles. The monoisotopic (exact) mass is 258 g/mol. The van der Waals surface area contributed by atoms with Crippen LogP contribution in [0.4, 0.5) is 0 Å². The summed E-state index contributed by atoms with van der Waals surface area (Å²) in [6, 6.07) is 1.90. The first-order valence-corrected chi connectivity index (χ1v) is 12.2. The molecular formula is C10H22O2Si3. The number of hydrogen-bond acceptors (Lipinski definition) is 2. The van der Waals surface area contributed by atoms with Crippen LogP contribution in [0.15, 0.2) is 25.3 Å². The van der Waals surface area contributed by atoms with Gasteiger partial charge in [0.05, 0.1) is 0 Å². The lowest BCUT2D eigenvalue weighted by Crippen LogP contribution is -2.46. The van der Waals surface area contributed by atoms with Crippen molar-refractivity contribution in [1.29, 1.82) is 0 Å². The summed E-state index contributed by atoms with van der Waals surface area (Å²) in [5, 5.41) is 0. The van der Waals surface area contributed by atoms with E-state index >= 15 is 0 Å². The molecule has 0 fully saturated rings. The summed E-state index contributed by atoms with van der Waals surface area (Å²) in [6.45, 7) is 16.1. The van der Waals surface area contributed by atoms with Gasteiger partial charge in [-0.25, -0.2) is 0 Å². The Morgan fingerprint density at radius 2 is 1.73 bits per heavy atom. The predicted octanol–water partition coefficient (Wildman–Crippen LogP) is 3.34. The molecule has 0 heterocycles. The van der Waals surface area contributed by atoms with Crippen molar-refractivity contribution in [3.8, 4) is 0 Å². The molecule has 0 spiro atoms. The van der Waals surface area contributed by atoms with Gasteiger partial charge < -0.3 is 8.23 Å². The molecule has 0 aromatic heterocycles. The minimum atomic E-state index is -1.93. The van der Waals surface area contributed by atoms with Crippen molar-refractivity contribution >= 4 is 26.6 Å². The minimum Gasteiger partial charge on any atom is -0.436 e. The number of allylic oxidation sites excluding steroid dienone is 2. The molecule has 2 radical (unpaired) electrons. The summed E-state index contributed by atoms with van der Waals surface area (Å²) in [5.41, 5.74) is 0. The van der Waals surface area contributed by atoms with Crippen molar-refractivity contribution < 1.29 is 8.23 Å². The number of hydrogen-bond donors (Lipinski definition) is 0. The van der Waals surface area contributed by atoms with Gasteiger partial charge in [0, 0.05) is 0 Å². The van der Waals surface area contributed by atoms with Gasteiger partial charge in [0.15, 0.2) is 8.32 Å². The van der Waals surface area contributed by atoms with E-state index in [-0.39, 0.29) is 0 Å². The molecule has 0 rings (SSSR count). The fraction of sp³-hybridized carbons (Fsp3) is 0.600. The molecule has 15 heavy (non-hydrogen) atoms. The van der Waals surface area contributed by atoms with E-state index in [1.807, 2.05) is 12.2 Å². The van der Waals surface area contributed by atoms with Gasteiger partial charge in [-0.2, -0.15) is 0 Å². The lowest BCUT2D eigenvalue weighted by Gasteiger charge is -2.32. The quantitative estimate of drug-likeness (QED) is 0.378. The maximum Gasteiger partial charge on any atom is 0.311 e. The van der Waals surface area contributed by atoms with Gasteiger partial charge in [0.2, 0.25) is 9.76 Å². The Kier molecular flexibility index (Phi) is 6.62. The average Bonchev–Trinajstić information content (AvgIpc) is 2.01. The fourth-order valence-corrected chi connectivity index (χ4v) is 10.1. The van der Waals surface area contributed by atoms with Gasteiger partial charge in [-0.05, 0) is 38.3 Å². The molecule has 0 amide bonds. The molecule has 0 atom stereocenters. The Morgan fingerprint density at radius 3 is 2.20 bits per heavy atom. The summed E-state index contributed by atoms with van der Waals surface area (Å²) >= 11 is 0. The summed E-state index contributed by atoms with van der Waals surface area (Å²) in [4.78, 5) is 0. The molecule has 0 saturated heterocycles. The van der Waals surface area contributed by atoms with Crippen molar-refractivity contribution in [1.82, 2.24) is 0 Å². The molecule has 0 saturated carbocycles. The highest BCUT2D eigenvalue weighted by molar-refractivity contribution is 6.83. The second-order valence-corrected chi connectivity index (χ2v) is 13.6. The van der Waals surface area contributed by atoms with E-state index < -0.39 is 16.9 Å². The van der Waals surface area contributed by atoms with E-state index in [0.717, 1.165) is 12.1 Å². The van der Waals surface area contributed by atoms with Gasteiger partial charge in [0.1, 0.15) is 0 Å². The fourth-order valence-electron chi connectivity index (χ4n) is 1.35. The molecule has 0 aromatic rings. The van der Waals surface area contributed by atoms with Crippen LogP contribution in [0, 0.1) is 0 Å². The molecule has 0 bridgehead atoms. The summed E-state index contributed by atoms with van der Waals surface area (Å²) < 4.78 is 12.0. The molecule has 0 unspecified atom stereocenters. The highest BCUT2D eigenvalue weighted by Gasteiger charge is 2.33. The Hall–Kier alpha value is 0.0506. The predicted molar refractivity (Wildman–Crippen MR) is 72.9 cm³/mol. The Morgan fingerprint density at radius 1 is 1.13 bits per heavy atom. The van der Waals surface area contributed by atoms with E-state index in [1.54, 1.807) is 0 Å². The van der Waals surface area contributed by atoms with Crippen molar-refractivity contribution in [2.75, 3.05) is 0 Å². The van der Waals surface area contributed by atoms with E-state index in [0.29, 0.717) is 9.76 Å². The van der Waals surface area contributed by atoms with E-state index in [4.69, 9.17) is 8.23 Å². The van der Waals surface area contributed by atoms with Crippen molar-refractivity contribution in [2.45, 2.75) is 38.3 Å². The van der Waals surface area contributed by atoms with Crippen LogP contribution in [-0.2, 0) is 8.23 Å². The van der Waals surface area contributed by atoms with E-state index in [9.17, 15) is 0 Å². The molecular weight excluding hydrogens is 236 g/mol. The second-order valence-electron chi connectivity index (χ2n) is 4.49. The summed E-state index contributed by atoms with van der Waals surface area (Å²) in [7, 11) is -3.05. The topological polar surface area (TPSA) is 18.5 Å². The van der Waals surface area contributed by atoms with Gasteiger partial charge in [0.25, 0.3) is 0 Å². The highest BCUT2D eigenvalue weighted by atomic mass is 28.5. The zero-order valence-electron chi connectivity index (χ0n) is 10.3. The largest absolute Gasteiger partial charge is 0.436 e. The lowest BCUT2D eigenvalue weighted by molar-refractivity contribution is 0.409. The van der Waals surface area contributed by atoms with Gasteiger partial charge >= 0.3 is 8.56 Å². The van der Waals surface area contributed by atoms with Crippen molar-refractivity contribution in [3.05, 3.63) is 25.3 Å². The zero-order chi connectivity index (χ0) is 11.9. The minimum absolute atomic E-state index is 0.487. The number of rotatable bonds is 8. The highest BCUT2D eigenvalue weighted by Crippen LogP contribution is 2.19. The Balaban J connectivity index is 4.10. The first kappa shape index (κ1) is 15.1. The SMILES string of the molecule is C=CC[Si]O[Si](C)(C)O[Si](C)(C)CC=C. The molecule has 2 nitrogen and oxygen atoms in total. The maximum atomic E-state index is 6.17. The third-order valence-electron chi connectivity index (χ3n) is 1.70. The van der Waals surface area contributed by atoms with Crippen LogP contribution in [0.2, 0.25) is 38.3 Å². The third-order valence-corrected chi connectivity index (χ3v) is 10.2. The van der Waals surface area contributed by atoms with E-state index in [1.165, 1.54) is 0 Å². The average molecular weight is 259 g/mol. The van der Waals surface area contributed by atoms with Crippen LogP contribution >= 0.6 is 0 Å². The summed E-state index contributed by atoms with van der Waals surface area (Å²) in [5.74, 6) is 0. The maximum absolute atomic E-state index is 6.17. The molecule has 86 valence electrons. The van der Waals surface area contributed by atoms with Crippen LogP contribution in [0.5, 0.6) is 0 Å². The molecule has 0 N–H and O–H groups in total. The standard InChI is InChI=1S/C10H22O2Si3/c1-7-9-13-11-15(5,6)12-14(3,4)10-8-2/h7-8H,1-2,9-10H2,3-6H3. The van der Waals surface area contributed by atoms with Crippen LogP contribution in [0.3, 0.4) is 0 Å². The first-order chi connectivity index (χ1) is 6.83. The van der Waals surface area contributed by atoms with Crippen LogP contribution in [-0.4, -0.2) is 26.6 Å². The Bertz CT molecular complexity index is 215. The van der Waals surface area contributed by atoms with E-state index in [2.05, 4.69) is 39.3 Å². The van der Waals surface area contributed by atoms with Crippen LogP contribution in [0.25, 0.3) is 0 Å². The second kappa shape index (κ2) is 6.59.